The lowest BCUT2D eigenvalue weighted by Gasteiger charge is -2.40. The first-order valence-corrected chi connectivity index (χ1v) is 7.98. The SMILES string of the molecule is CCNC(C1CCC(C)C(C)C1)C1CCOC1C. The van der Waals surface area contributed by atoms with Gasteiger partial charge in [-0.2, -0.15) is 0 Å². The van der Waals surface area contributed by atoms with E-state index < -0.39 is 0 Å². The van der Waals surface area contributed by atoms with Gasteiger partial charge in [0.25, 0.3) is 0 Å². The number of nitrogens with one attached hydrogen (secondary N) is 1. The third-order valence-corrected chi connectivity index (χ3v) is 5.48. The van der Waals surface area contributed by atoms with Gasteiger partial charge in [0.2, 0.25) is 0 Å². The van der Waals surface area contributed by atoms with Gasteiger partial charge in [-0.05, 0) is 50.5 Å². The fourth-order valence-electron chi connectivity index (χ4n) is 4.04. The van der Waals surface area contributed by atoms with Crippen LogP contribution >= 0.6 is 0 Å². The first-order chi connectivity index (χ1) is 8.63. The third kappa shape index (κ3) is 3.08. The molecule has 1 aliphatic heterocycles. The van der Waals surface area contributed by atoms with Crippen LogP contribution in [0.1, 0.15) is 53.4 Å². The Morgan fingerprint density at radius 2 is 1.89 bits per heavy atom. The smallest absolute Gasteiger partial charge is 0.0590 e. The van der Waals surface area contributed by atoms with Crippen LogP contribution in [0.25, 0.3) is 0 Å². The highest BCUT2D eigenvalue weighted by atomic mass is 16.5. The minimum Gasteiger partial charge on any atom is -0.378 e. The molecule has 0 radical (unpaired) electrons. The van der Waals surface area contributed by atoms with Gasteiger partial charge in [-0.15, -0.1) is 0 Å². The summed E-state index contributed by atoms with van der Waals surface area (Å²) in [5.74, 6) is 3.41. The van der Waals surface area contributed by atoms with Gasteiger partial charge in [0.1, 0.15) is 0 Å². The van der Waals surface area contributed by atoms with Gasteiger partial charge < -0.3 is 10.1 Å². The average molecular weight is 253 g/mol. The zero-order valence-corrected chi connectivity index (χ0v) is 12.6. The summed E-state index contributed by atoms with van der Waals surface area (Å²) in [5, 5.41) is 3.78. The highest BCUT2D eigenvalue weighted by Crippen LogP contribution is 2.39. The Labute approximate surface area is 113 Å². The van der Waals surface area contributed by atoms with E-state index in [1.165, 1.54) is 25.7 Å². The summed E-state index contributed by atoms with van der Waals surface area (Å²) in [4.78, 5) is 0. The molecule has 0 aromatic heterocycles. The predicted molar refractivity (Wildman–Crippen MR) is 76.7 cm³/mol. The lowest BCUT2D eigenvalue weighted by Crippen LogP contribution is -2.46. The van der Waals surface area contributed by atoms with E-state index in [1.807, 2.05) is 0 Å². The number of rotatable bonds is 4. The Morgan fingerprint density at radius 1 is 1.11 bits per heavy atom. The molecule has 0 amide bonds. The summed E-state index contributed by atoms with van der Waals surface area (Å²) >= 11 is 0. The van der Waals surface area contributed by atoms with E-state index in [1.54, 1.807) is 0 Å². The van der Waals surface area contributed by atoms with Crippen LogP contribution in [0.5, 0.6) is 0 Å². The topological polar surface area (TPSA) is 21.3 Å². The number of hydrogen-bond donors (Lipinski definition) is 1. The fraction of sp³-hybridized carbons (Fsp3) is 1.00. The minimum absolute atomic E-state index is 0.448. The summed E-state index contributed by atoms with van der Waals surface area (Å²) in [5.41, 5.74) is 0. The van der Waals surface area contributed by atoms with Crippen molar-refractivity contribution in [1.29, 1.82) is 0 Å². The van der Waals surface area contributed by atoms with Gasteiger partial charge in [0, 0.05) is 18.6 Å². The standard InChI is InChI=1S/C16H31NO/c1-5-17-16(15-8-9-18-13(15)4)14-7-6-11(2)12(3)10-14/h11-17H,5-10H2,1-4H3. The maximum absolute atomic E-state index is 5.79. The van der Waals surface area contributed by atoms with Crippen molar-refractivity contribution in [3.8, 4) is 0 Å². The summed E-state index contributed by atoms with van der Waals surface area (Å²) < 4.78 is 5.79. The van der Waals surface area contributed by atoms with Gasteiger partial charge in [-0.25, -0.2) is 0 Å². The second-order valence-electron chi connectivity index (χ2n) is 6.64. The van der Waals surface area contributed by atoms with Gasteiger partial charge in [-0.3, -0.25) is 0 Å². The highest BCUT2D eigenvalue weighted by molar-refractivity contribution is 4.91. The molecule has 2 aliphatic rings. The molecule has 6 unspecified atom stereocenters. The summed E-state index contributed by atoms with van der Waals surface area (Å²) in [7, 11) is 0. The van der Waals surface area contributed by atoms with E-state index in [4.69, 9.17) is 4.74 Å². The second-order valence-corrected chi connectivity index (χ2v) is 6.64. The van der Waals surface area contributed by atoms with Crippen molar-refractivity contribution in [2.24, 2.45) is 23.7 Å². The lowest BCUT2D eigenvalue weighted by atomic mass is 9.70. The summed E-state index contributed by atoms with van der Waals surface area (Å²) in [6, 6.07) is 0.683. The quantitative estimate of drug-likeness (QED) is 0.828. The van der Waals surface area contributed by atoms with Crippen molar-refractivity contribution in [3.63, 3.8) is 0 Å². The van der Waals surface area contributed by atoms with Gasteiger partial charge in [-0.1, -0.05) is 27.2 Å². The van der Waals surface area contributed by atoms with E-state index >= 15 is 0 Å². The van der Waals surface area contributed by atoms with Crippen LogP contribution in [0.3, 0.4) is 0 Å². The minimum atomic E-state index is 0.448. The molecule has 2 rings (SSSR count). The van der Waals surface area contributed by atoms with E-state index in [9.17, 15) is 0 Å². The van der Waals surface area contributed by atoms with Crippen molar-refractivity contribution >= 4 is 0 Å². The molecular weight excluding hydrogens is 222 g/mol. The molecule has 1 heterocycles. The average Bonchev–Trinajstić information content (AvgIpc) is 2.76. The second kappa shape index (κ2) is 6.38. The molecule has 0 spiro atoms. The van der Waals surface area contributed by atoms with Crippen LogP contribution in [0.4, 0.5) is 0 Å². The molecular formula is C16H31NO. The van der Waals surface area contributed by atoms with E-state index in [-0.39, 0.29) is 0 Å². The Morgan fingerprint density at radius 3 is 2.44 bits per heavy atom. The maximum Gasteiger partial charge on any atom is 0.0590 e. The van der Waals surface area contributed by atoms with Gasteiger partial charge in [0.15, 0.2) is 0 Å². The molecule has 1 saturated heterocycles. The van der Waals surface area contributed by atoms with E-state index in [0.717, 1.165) is 36.8 Å². The van der Waals surface area contributed by atoms with Crippen LogP contribution in [0, 0.1) is 23.7 Å². The lowest BCUT2D eigenvalue weighted by molar-refractivity contribution is 0.0724. The highest BCUT2D eigenvalue weighted by Gasteiger charge is 2.38. The first-order valence-electron chi connectivity index (χ1n) is 7.98. The van der Waals surface area contributed by atoms with Crippen LogP contribution in [0.2, 0.25) is 0 Å². The zero-order valence-electron chi connectivity index (χ0n) is 12.6. The Bertz CT molecular complexity index is 255. The molecule has 0 bridgehead atoms. The van der Waals surface area contributed by atoms with Crippen LogP contribution in [-0.2, 0) is 4.74 Å². The van der Waals surface area contributed by atoms with Crippen molar-refractivity contribution in [3.05, 3.63) is 0 Å². The molecule has 2 nitrogen and oxygen atoms in total. The zero-order chi connectivity index (χ0) is 13.1. The Kier molecular flexibility index (Phi) is 5.08. The van der Waals surface area contributed by atoms with Crippen molar-refractivity contribution in [2.75, 3.05) is 13.2 Å². The Hall–Kier alpha value is -0.0800. The largest absolute Gasteiger partial charge is 0.378 e. The molecule has 1 N–H and O–H groups in total. The van der Waals surface area contributed by atoms with E-state index in [0.29, 0.717) is 12.1 Å². The van der Waals surface area contributed by atoms with Gasteiger partial charge in [0.05, 0.1) is 6.10 Å². The normalized spacial score (nSPS) is 43.0. The molecule has 1 aliphatic carbocycles. The summed E-state index contributed by atoms with van der Waals surface area (Å²) in [6.45, 7) is 11.4. The van der Waals surface area contributed by atoms with Crippen LogP contribution in [0.15, 0.2) is 0 Å². The van der Waals surface area contributed by atoms with Crippen molar-refractivity contribution < 1.29 is 4.74 Å². The van der Waals surface area contributed by atoms with Crippen LogP contribution < -0.4 is 5.32 Å². The molecule has 106 valence electrons. The maximum atomic E-state index is 5.79. The van der Waals surface area contributed by atoms with Crippen LogP contribution in [-0.4, -0.2) is 25.3 Å². The number of hydrogen-bond acceptors (Lipinski definition) is 2. The monoisotopic (exact) mass is 253 g/mol. The molecule has 6 atom stereocenters. The molecule has 0 aromatic rings. The molecule has 18 heavy (non-hydrogen) atoms. The molecule has 1 saturated carbocycles. The third-order valence-electron chi connectivity index (χ3n) is 5.48. The number of ether oxygens (including phenoxy) is 1. The molecule has 0 aromatic carbocycles. The Balaban J connectivity index is 2.00. The van der Waals surface area contributed by atoms with Crippen molar-refractivity contribution in [1.82, 2.24) is 5.32 Å². The first kappa shape index (κ1) is 14.3. The van der Waals surface area contributed by atoms with Crippen molar-refractivity contribution in [2.45, 2.75) is 65.5 Å². The molecule has 2 heteroatoms. The van der Waals surface area contributed by atoms with Gasteiger partial charge >= 0.3 is 0 Å². The fourth-order valence-corrected chi connectivity index (χ4v) is 4.04. The van der Waals surface area contributed by atoms with E-state index in [2.05, 4.69) is 33.0 Å². The predicted octanol–water partition coefficient (Wildman–Crippen LogP) is 3.46. The summed E-state index contributed by atoms with van der Waals surface area (Å²) in [6.07, 6.45) is 5.92. The molecule has 2 fully saturated rings.